The van der Waals surface area contributed by atoms with Crippen molar-refractivity contribution in [2.24, 2.45) is 0 Å². The normalized spacial score (nSPS) is 11.7. The smallest absolute Gasteiger partial charge is 0.0534 e. The monoisotopic (exact) mass is 323 g/mol. The summed E-state index contributed by atoms with van der Waals surface area (Å²) < 4.78 is 0. The molecule has 0 bridgehead atoms. The molecule has 0 saturated carbocycles. The van der Waals surface area contributed by atoms with Crippen LogP contribution in [-0.4, -0.2) is 8.80 Å². The minimum atomic E-state index is -0.869. The van der Waals surface area contributed by atoms with Crippen molar-refractivity contribution in [2.75, 3.05) is 0 Å². The molecule has 0 radical (unpaired) electrons. The van der Waals surface area contributed by atoms with Crippen LogP contribution < -0.4 is 10.4 Å². The fraction of sp³-hybridized carbons (Fsp3) is 0.455. The molecule has 0 fully saturated rings. The van der Waals surface area contributed by atoms with E-state index >= 15 is 0 Å². The lowest BCUT2D eigenvalue weighted by atomic mass is 10.1. The molecule has 0 nitrogen and oxygen atoms in total. The highest BCUT2D eigenvalue weighted by molar-refractivity contribution is 6.88. The Kier molecular flexibility index (Phi) is 4.91. The molecule has 0 aromatic heterocycles. The van der Waals surface area contributed by atoms with Crippen molar-refractivity contribution < 1.29 is 0 Å². The highest BCUT2D eigenvalue weighted by Crippen LogP contribution is 2.30. The SMILES string of the molecule is Cc1cc(C)c([Si+](c2c(C)cc(C)cc2C)C(C)(C)C)c(C)c1. The van der Waals surface area contributed by atoms with Gasteiger partial charge in [0.1, 0.15) is 10.4 Å². The Balaban J connectivity index is 2.81. The molecular formula is C22H31Si+. The standard InChI is InChI=1S/C22H31Si/c1-14-10-16(3)20(17(4)11-14)23(22(7,8)9)21-18(5)12-15(2)13-19(21)6/h10-13H,1-9H3/q+1. The van der Waals surface area contributed by atoms with E-state index in [1.807, 2.05) is 0 Å². The van der Waals surface area contributed by atoms with E-state index in [1.165, 1.54) is 33.4 Å². The molecule has 0 amide bonds. The molecule has 2 rings (SSSR count). The van der Waals surface area contributed by atoms with Crippen LogP contribution in [0, 0.1) is 41.5 Å². The minimum Gasteiger partial charge on any atom is -0.0534 e. The summed E-state index contributed by atoms with van der Waals surface area (Å²) in [5.41, 5.74) is 8.60. The van der Waals surface area contributed by atoms with Gasteiger partial charge in [0.25, 0.3) is 0 Å². The van der Waals surface area contributed by atoms with Gasteiger partial charge in [-0.25, -0.2) is 0 Å². The van der Waals surface area contributed by atoms with Crippen molar-refractivity contribution in [1.29, 1.82) is 0 Å². The molecule has 0 saturated heterocycles. The molecule has 0 aliphatic rings. The quantitative estimate of drug-likeness (QED) is 0.686. The van der Waals surface area contributed by atoms with Crippen LogP contribution in [0.15, 0.2) is 24.3 Å². The highest BCUT2D eigenvalue weighted by Gasteiger charge is 2.49. The van der Waals surface area contributed by atoms with Crippen LogP contribution in [0.5, 0.6) is 0 Å². The Morgan fingerprint density at radius 1 is 0.565 bits per heavy atom. The fourth-order valence-electron chi connectivity index (χ4n) is 4.02. The second-order valence-electron chi connectivity index (χ2n) is 8.17. The van der Waals surface area contributed by atoms with Crippen molar-refractivity contribution in [2.45, 2.75) is 67.4 Å². The van der Waals surface area contributed by atoms with Gasteiger partial charge in [-0.3, -0.25) is 0 Å². The lowest BCUT2D eigenvalue weighted by molar-refractivity contribution is 0.749. The third kappa shape index (κ3) is 3.61. The number of hydrogen-bond acceptors (Lipinski definition) is 0. The lowest BCUT2D eigenvalue weighted by Crippen LogP contribution is -2.53. The van der Waals surface area contributed by atoms with E-state index in [9.17, 15) is 0 Å². The maximum absolute atomic E-state index is 2.42. The first kappa shape index (κ1) is 18.0. The van der Waals surface area contributed by atoms with Gasteiger partial charge in [-0.05, 0) is 84.6 Å². The summed E-state index contributed by atoms with van der Waals surface area (Å²) in [5.74, 6) is 0. The first-order valence-electron chi connectivity index (χ1n) is 8.56. The summed E-state index contributed by atoms with van der Waals surface area (Å²) >= 11 is 0. The molecule has 2 aromatic carbocycles. The van der Waals surface area contributed by atoms with Crippen LogP contribution in [0.1, 0.15) is 54.2 Å². The average Bonchev–Trinajstić information content (AvgIpc) is 2.33. The lowest BCUT2D eigenvalue weighted by Gasteiger charge is -2.22. The zero-order valence-corrected chi connectivity index (χ0v) is 17.3. The number of aryl methyl sites for hydroxylation is 6. The van der Waals surface area contributed by atoms with Crippen molar-refractivity contribution >= 4 is 19.2 Å². The van der Waals surface area contributed by atoms with E-state index in [0.717, 1.165) is 0 Å². The molecule has 0 atom stereocenters. The first-order valence-corrected chi connectivity index (χ1v) is 10.1. The zero-order valence-electron chi connectivity index (χ0n) is 16.3. The van der Waals surface area contributed by atoms with Crippen molar-refractivity contribution in [3.05, 3.63) is 57.6 Å². The van der Waals surface area contributed by atoms with Gasteiger partial charge in [0.05, 0.1) is 5.04 Å². The molecule has 23 heavy (non-hydrogen) atoms. The van der Waals surface area contributed by atoms with E-state index in [-0.39, 0.29) is 5.04 Å². The fourth-order valence-corrected chi connectivity index (χ4v) is 7.64. The van der Waals surface area contributed by atoms with Gasteiger partial charge in [0.15, 0.2) is 0 Å². The summed E-state index contributed by atoms with van der Waals surface area (Å²) in [4.78, 5) is 0. The predicted molar refractivity (Wildman–Crippen MR) is 106 cm³/mol. The molecule has 0 heterocycles. The van der Waals surface area contributed by atoms with Gasteiger partial charge in [-0.1, -0.05) is 35.4 Å². The second kappa shape index (κ2) is 6.28. The van der Waals surface area contributed by atoms with Crippen LogP contribution in [0.25, 0.3) is 0 Å². The van der Waals surface area contributed by atoms with Crippen molar-refractivity contribution in [1.82, 2.24) is 0 Å². The molecule has 0 N–H and O–H groups in total. The zero-order chi connectivity index (χ0) is 17.5. The van der Waals surface area contributed by atoms with Crippen LogP contribution in [0.3, 0.4) is 0 Å². The number of benzene rings is 2. The summed E-state index contributed by atoms with van der Waals surface area (Å²) in [7, 11) is -0.869. The average molecular weight is 324 g/mol. The summed E-state index contributed by atoms with van der Waals surface area (Å²) in [6, 6.07) is 9.43. The Morgan fingerprint density at radius 2 is 0.826 bits per heavy atom. The minimum absolute atomic E-state index is 0.278. The predicted octanol–water partition coefficient (Wildman–Crippen LogP) is 4.95. The summed E-state index contributed by atoms with van der Waals surface area (Å²) in [6.07, 6.45) is 0. The van der Waals surface area contributed by atoms with Crippen LogP contribution in [-0.2, 0) is 0 Å². The highest BCUT2D eigenvalue weighted by atomic mass is 28.3. The first-order chi connectivity index (χ1) is 10.5. The maximum Gasteiger partial charge on any atom is 0.397 e. The van der Waals surface area contributed by atoms with E-state index in [0.29, 0.717) is 0 Å². The van der Waals surface area contributed by atoms with Crippen LogP contribution >= 0.6 is 0 Å². The molecule has 0 aliphatic carbocycles. The van der Waals surface area contributed by atoms with E-state index < -0.39 is 8.80 Å². The van der Waals surface area contributed by atoms with E-state index in [4.69, 9.17) is 0 Å². The Bertz CT molecular complexity index is 629. The Labute approximate surface area is 144 Å². The van der Waals surface area contributed by atoms with Gasteiger partial charge in [0, 0.05) is 0 Å². The van der Waals surface area contributed by atoms with Gasteiger partial charge in [0.2, 0.25) is 0 Å². The van der Waals surface area contributed by atoms with Gasteiger partial charge in [-0.15, -0.1) is 0 Å². The second-order valence-corrected chi connectivity index (χ2v) is 11.4. The number of rotatable bonds is 2. The molecule has 0 spiro atoms. The maximum atomic E-state index is 2.42. The molecule has 1 heteroatoms. The Morgan fingerprint density at radius 3 is 1.04 bits per heavy atom. The molecule has 0 unspecified atom stereocenters. The van der Waals surface area contributed by atoms with Gasteiger partial charge < -0.3 is 0 Å². The van der Waals surface area contributed by atoms with Crippen LogP contribution in [0.2, 0.25) is 5.04 Å². The molecule has 0 aliphatic heterocycles. The molecule has 2 aromatic rings. The van der Waals surface area contributed by atoms with Crippen molar-refractivity contribution in [3.63, 3.8) is 0 Å². The molecular weight excluding hydrogens is 292 g/mol. The summed E-state index contributed by atoms with van der Waals surface area (Å²) in [6.45, 7) is 20.8. The van der Waals surface area contributed by atoms with Crippen LogP contribution in [0.4, 0.5) is 0 Å². The van der Waals surface area contributed by atoms with E-state index in [1.54, 1.807) is 10.4 Å². The number of hydrogen-bond donors (Lipinski definition) is 0. The summed E-state index contributed by atoms with van der Waals surface area (Å²) in [5, 5.41) is 3.51. The van der Waals surface area contributed by atoms with E-state index in [2.05, 4.69) is 86.6 Å². The van der Waals surface area contributed by atoms with Crippen molar-refractivity contribution in [3.8, 4) is 0 Å². The molecule has 122 valence electrons. The largest absolute Gasteiger partial charge is 0.397 e. The Hall–Kier alpha value is -1.34. The third-order valence-corrected chi connectivity index (χ3v) is 8.68. The van der Waals surface area contributed by atoms with Gasteiger partial charge in [-0.2, -0.15) is 0 Å². The van der Waals surface area contributed by atoms with Gasteiger partial charge >= 0.3 is 8.80 Å². The third-order valence-electron chi connectivity index (χ3n) is 4.60. The topological polar surface area (TPSA) is 0 Å².